The smallest absolute Gasteiger partial charge is 0.321 e. The van der Waals surface area contributed by atoms with E-state index in [2.05, 4.69) is 5.32 Å². The second-order valence-electron chi connectivity index (χ2n) is 4.91. The van der Waals surface area contributed by atoms with Gasteiger partial charge in [-0.2, -0.15) is 0 Å². The van der Waals surface area contributed by atoms with Crippen LogP contribution in [0.2, 0.25) is 0 Å². The molecule has 2 rings (SSSR count). The average molecular weight is 298 g/mol. The highest BCUT2D eigenvalue weighted by Gasteiger charge is 2.12. The minimum atomic E-state index is -0.0674. The highest BCUT2D eigenvalue weighted by Crippen LogP contribution is 2.13. The molecule has 0 saturated heterocycles. The van der Waals surface area contributed by atoms with Crippen molar-refractivity contribution in [3.05, 3.63) is 60.2 Å². The molecule has 2 amide bonds. The number of benzene rings is 2. The molecule has 0 aliphatic carbocycles. The maximum absolute atomic E-state index is 12.3. The third kappa shape index (κ3) is 4.25. The summed E-state index contributed by atoms with van der Waals surface area (Å²) in [7, 11) is 1.65. The Kier molecular flexibility index (Phi) is 5.83. The van der Waals surface area contributed by atoms with E-state index in [1.807, 2.05) is 61.5 Å². The van der Waals surface area contributed by atoms with Gasteiger partial charge in [0.25, 0.3) is 0 Å². The number of para-hydroxylation sites is 1. The zero-order valence-corrected chi connectivity index (χ0v) is 13.1. The molecule has 4 heteroatoms. The van der Waals surface area contributed by atoms with Crippen molar-refractivity contribution in [1.29, 1.82) is 0 Å². The molecule has 0 aliphatic heterocycles. The summed E-state index contributed by atoms with van der Waals surface area (Å²) < 4.78 is 5.13. The van der Waals surface area contributed by atoms with Gasteiger partial charge in [0, 0.05) is 18.8 Å². The first-order chi connectivity index (χ1) is 10.7. The predicted octanol–water partition coefficient (Wildman–Crippen LogP) is 3.47. The number of nitrogens with one attached hydrogen (secondary N) is 1. The van der Waals surface area contributed by atoms with Crippen molar-refractivity contribution < 1.29 is 9.53 Å². The van der Waals surface area contributed by atoms with Crippen molar-refractivity contribution in [3.8, 4) is 5.75 Å². The van der Waals surface area contributed by atoms with Crippen LogP contribution < -0.4 is 15.0 Å². The van der Waals surface area contributed by atoms with Gasteiger partial charge in [0.1, 0.15) is 5.75 Å². The van der Waals surface area contributed by atoms with E-state index in [1.54, 1.807) is 12.0 Å². The van der Waals surface area contributed by atoms with Crippen molar-refractivity contribution in [2.45, 2.75) is 13.3 Å². The van der Waals surface area contributed by atoms with Crippen LogP contribution in [-0.2, 0) is 6.42 Å². The maximum Gasteiger partial charge on any atom is 0.321 e. The number of anilines is 1. The van der Waals surface area contributed by atoms with Crippen molar-refractivity contribution in [2.75, 3.05) is 25.1 Å². The molecule has 0 aromatic heterocycles. The van der Waals surface area contributed by atoms with Gasteiger partial charge in [-0.15, -0.1) is 0 Å². The Bertz CT molecular complexity index is 582. The van der Waals surface area contributed by atoms with E-state index >= 15 is 0 Å². The minimum Gasteiger partial charge on any atom is -0.497 e. The van der Waals surface area contributed by atoms with E-state index in [9.17, 15) is 4.79 Å². The van der Waals surface area contributed by atoms with Crippen LogP contribution >= 0.6 is 0 Å². The van der Waals surface area contributed by atoms with Gasteiger partial charge in [-0.1, -0.05) is 30.3 Å². The van der Waals surface area contributed by atoms with Gasteiger partial charge in [-0.25, -0.2) is 4.79 Å². The number of hydrogen-bond donors (Lipinski definition) is 1. The molecule has 0 fully saturated rings. The average Bonchev–Trinajstić information content (AvgIpc) is 2.57. The summed E-state index contributed by atoms with van der Waals surface area (Å²) in [5, 5.41) is 2.96. The summed E-state index contributed by atoms with van der Waals surface area (Å²) in [4.78, 5) is 14.0. The van der Waals surface area contributed by atoms with Crippen molar-refractivity contribution in [1.82, 2.24) is 5.32 Å². The number of ether oxygens (including phenoxy) is 1. The van der Waals surface area contributed by atoms with Gasteiger partial charge in [-0.3, -0.25) is 4.90 Å². The summed E-state index contributed by atoms with van der Waals surface area (Å²) >= 11 is 0. The molecule has 4 nitrogen and oxygen atoms in total. The van der Waals surface area contributed by atoms with Crippen molar-refractivity contribution in [2.24, 2.45) is 0 Å². The highest BCUT2D eigenvalue weighted by molar-refractivity contribution is 5.91. The molecule has 0 atom stereocenters. The van der Waals surface area contributed by atoms with E-state index < -0.39 is 0 Å². The summed E-state index contributed by atoms with van der Waals surface area (Å²) in [5.74, 6) is 0.842. The van der Waals surface area contributed by atoms with E-state index in [1.165, 1.54) is 5.56 Å². The summed E-state index contributed by atoms with van der Waals surface area (Å²) in [6.45, 7) is 3.21. The zero-order valence-electron chi connectivity index (χ0n) is 13.1. The fraction of sp³-hybridized carbons (Fsp3) is 0.278. The van der Waals surface area contributed by atoms with Gasteiger partial charge in [0.15, 0.2) is 0 Å². The number of nitrogens with zero attached hydrogens (tertiary/aromatic N) is 1. The number of urea groups is 1. The SMILES string of the molecule is CCN(C(=O)NCCc1ccc(OC)cc1)c1ccccc1. The van der Waals surface area contributed by atoms with Crippen LogP contribution in [0.1, 0.15) is 12.5 Å². The van der Waals surface area contributed by atoms with Crippen LogP contribution in [0.3, 0.4) is 0 Å². The molecule has 116 valence electrons. The normalized spacial score (nSPS) is 10.1. The second-order valence-corrected chi connectivity index (χ2v) is 4.91. The summed E-state index contributed by atoms with van der Waals surface area (Å²) in [6.07, 6.45) is 0.794. The number of rotatable bonds is 6. The monoisotopic (exact) mass is 298 g/mol. The Labute approximate surface area is 131 Å². The quantitative estimate of drug-likeness (QED) is 0.887. The molecule has 0 aliphatic rings. The van der Waals surface area contributed by atoms with Crippen molar-refractivity contribution in [3.63, 3.8) is 0 Å². The third-order valence-corrected chi connectivity index (χ3v) is 3.48. The van der Waals surface area contributed by atoms with Gasteiger partial charge >= 0.3 is 6.03 Å². The van der Waals surface area contributed by atoms with E-state index in [0.717, 1.165) is 17.9 Å². The number of hydrogen-bond acceptors (Lipinski definition) is 2. The molecule has 0 radical (unpaired) electrons. The fourth-order valence-corrected chi connectivity index (χ4v) is 2.25. The zero-order chi connectivity index (χ0) is 15.8. The maximum atomic E-state index is 12.3. The molecule has 22 heavy (non-hydrogen) atoms. The van der Waals surface area contributed by atoms with Gasteiger partial charge < -0.3 is 10.1 Å². The molecule has 2 aromatic rings. The largest absolute Gasteiger partial charge is 0.497 e. The Morgan fingerprint density at radius 3 is 2.36 bits per heavy atom. The first-order valence-electron chi connectivity index (χ1n) is 7.48. The summed E-state index contributed by atoms with van der Waals surface area (Å²) in [6, 6.07) is 17.5. The van der Waals surface area contributed by atoms with Gasteiger partial charge in [-0.05, 0) is 43.2 Å². The molecule has 0 spiro atoms. The Morgan fingerprint density at radius 2 is 1.77 bits per heavy atom. The Morgan fingerprint density at radius 1 is 1.09 bits per heavy atom. The van der Waals surface area contributed by atoms with E-state index in [4.69, 9.17) is 4.74 Å². The first kappa shape index (κ1) is 15.9. The lowest BCUT2D eigenvalue weighted by Crippen LogP contribution is -2.40. The van der Waals surface area contributed by atoms with Crippen LogP contribution in [-0.4, -0.2) is 26.2 Å². The molecule has 0 heterocycles. The van der Waals surface area contributed by atoms with Crippen LogP contribution in [0.15, 0.2) is 54.6 Å². The summed E-state index contributed by atoms with van der Waals surface area (Å²) in [5.41, 5.74) is 2.08. The number of carbonyl (C=O) groups is 1. The lowest BCUT2D eigenvalue weighted by molar-refractivity contribution is 0.246. The molecule has 0 saturated carbocycles. The molecular weight excluding hydrogens is 276 g/mol. The standard InChI is InChI=1S/C18H22N2O2/c1-3-20(16-7-5-4-6-8-16)18(21)19-14-13-15-9-11-17(22-2)12-10-15/h4-12H,3,13-14H2,1-2H3,(H,19,21). The third-order valence-electron chi connectivity index (χ3n) is 3.48. The topological polar surface area (TPSA) is 41.6 Å². The molecular formula is C18H22N2O2. The lowest BCUT2D eigenvalue weighted by Gasteiger charge is -2.21. The van der Waals surface area contributed by atoms with Crippen LogP contribution in [0.4, 0.5) is 10.5 Å². The van der Waals surface area contributed by atoms with Crippen LogP contribution in [0, 0.1) is 0 Å². The molecule has 1 N–H and O–H groups in total. The number of carbonyl (C=O) groups excluding carboxylic acids is 1. The van der Waals surface area contributed by atoms with Crippen molar-refractivity contribution >= 4 is 11.7 Å². The van der Waals surface area contributed by atoms with Crippen LogP contribution in [0.5, 0.6) is 5.75 Å². The Hall–Kier alpha value is -2.49. The first-order valence-corrected chi connectivity index (χ1v) is 7.48. The fourth-order valence-electron chi connectivity index (χ4n) is 2.25. The van der Waals surface area contributed by atoms with Crippen LogP contribution in [0.25, 0.3) is 0 Å². The molecule has 0 bridgehead atoms. The van der Waals surface area contributed by atoms with Gasteiger partial charge in [0.2, 0.25) is 0 Å². The number of amides is 2. The highest BCUT2D eigenvalue weighted by atomic mass is 16.5. The Balaban J connectivity index is 1.86. The molecule has 2 aromatic carbocycles. The van der Waals surface area contributed by atoms with Gasteiger partial charge in [0.05, 0.1) is 7.11 Å². The number of methoxy groups -OCH3 is 1. The molecule has 0 unspecified atom stereocenters. The van der Waals surface area contributed by atoms with E-state index in [0.29, 0.717) is 13.1 Å². The lowest BCUT2D eigenvalue weighted by atomic mass is 10.1. The minimum absolute atomic E-state index is 0.0674. The predicted molar refractivity (Wildman–Crippen MR) is 89.6 cm³/mol. The second kappa shape index (κ2) is 8.08. The van der Waals surface area contributed by atoms with E-state index in [-0.39, 0.29) is 6.03 Å².